The number of nitrogens with two attached hydrogens (primary N) is 1. The lowest BCUT2D eigenvalue weighted by molar-refractivity contribution is 0.0952. The number of rotatable bonds is 5. The summed E-state index contributed by atoms with van der Waals surface area (Å²) in [7, 11) is 0. The van der Waals surface area contributed by atoms with Crippen LogP contribution in [0, 0.1) is 0 Å². The van der Waals surface area contributed by atoms with Crippen molar-refractivity contribution in [3.05, 3.63) is 23.8 Å². The van der Waals surface area contributed by atoms with Gasteiger partial charge in [-0.15, -0.1) is 0 Å². The lowest BCUT2D eigenvalue weighted by Crippen LogP contribution is -2.26. The third kappa shape index (κ3) is 4.32. The van der Waals surface area contributed by atoms with Crippen LogP contribution in [0.2, 0.25) is 0 Å². The van der Waals surface area contributed by atoms with Crippen LogP contribution in [0.25, 0.3) is 0 Å². The van der Waals surface area contributed by atoms with Crippen LogP contribution in [0.4, 0.5) is 0 Å². The van der Waals surface area contributed by atoms with E-state index in [1.54, 1.807) is 0 Å². The van der Waals surface area contributed by atoms with Crippen molar-refractivity contribution >= 4 is 5.91 Å². The van der Waals surface area contributed by atoms with Gasteiger partial charge in [0.2, 0.25) is 0 Å². The van der Waals surface area contributed by atoms with E-state index in [-0.39, 0.29) is 23.4 Å². The molecule has 0 spiro atoms. The first kappa shape index (κ1) is 13.3. The van der Waals surface area contributed by atoms with E-state index in [1.807, 2.05) is 6.92 Å². The third-order valence-electron chi connectivity index (χ3n) is 2.36. The standard InChI is InChI=1S/C12H18N2O3/c1-8(13)3-2-6-14-12(17)9-4-5-10(15)11(16)7-9/h4-5,7-8,15-16H,2-3,6,13H2,1H3,(H,14,17). The smallest absolute Gasteiger partial charge is 0.251 e. The third-order valence-corrected chi connectivity index (χ3v) is 2.36. The summed E-state index contributed by atoms with van der Waals surface area (Å²) in [4.78, 5) is 11.6. The van der Waals surface area contributed by atoms with Crippen LogP contribution in [-0.2, 0) is 0 Å². The van der Waals surface area contributed by atoms with Crippen LogP contribution in [0.3, 0.4) is 0 Å². The Balaban J connectivity index is 2.44. The number of benzene rings is 1. The van der Waals surface area contributed by atoms with Crippen LogP contribution in [0.15, 0.2) is 18.2 Å². The van der Waals surface area contributed by atoms with Crippen LogP contribution >= 0.6 is 0 Å². The summed E-state index contributed by atoms with van der Waals surface area (Å²) in [5.74, 6) is -0.809. The molecule has 0 heterocycles. The van der Waals surface area contributed by atoms with Crippen molar-refractivity contribution < 1.29 is 15.0 Å². The Kier molecular flexibility index (Phi) is 4.78. The largest absolute Gasteiger partial charge is 0.504 e. The van der Waals surface area contributed by atoms with Crippen molar-refractivity contribution in [2.75, 3.05) is 6.54 Å². The maximum Gasteiger partial charge on any atom is 0.251 e. The fourth-order valence-electron chi connectivity index (χ4n) is 1.39. The lowest BCUT2D eigenvalue weighted by Gasteiger charge is -2.07. The molecule has 0 radical (unpaired) electrons. The number of hydrogen-bond donors (Lipinski definition) is 4. The summed E-state index contributed by atoms with van der Waals surface area (Å²) in [6, 6.07) is 4.10. The molecule has 0 aromatic heterocycles. The highest BCUT2D eigenvalue weighted by atomic mass is 16.3. The van der Waals surface area contributed by atoms with E-state index in [0.717, 1.165) is 12.8 Å². The van der Waals surface area contributed by atoms with E-state index in [9.17, 15) is 9.90 Å². The average molecular weight is 238 g/mol. The molecule has 0 fully saturated rings. The molecule has 0 saturated carbocycles. The normalized spacial score (nSPS) is 12.1. The van der Waals surface area contributed by atoms with E-state index in [2.05, 4.69) is 5.32 Å². The maximum atomic E-state index is 11.6. The highest BCUT2D eigenvalue weighted by Crippen LogP contribution is 2.24. The van der Waals surface area contributed by atoms with Gasteiger partial charge in [-0.2, -0.15) is 0 Å². The predicted octanol–water partition coefficient (Wildman–Crippen LogP) is 0.955. The molecule has 1 aromatic rings. The van der Waals surface area contributed by atoms with Crippen molar-refractivity contribution in [3.8, 4) is 11.5 Å². The van der Waals surface area contributed by atoms with Gasteiger partial charge in [-0.05, 0) is 38.0 Å². The van der Waals surface area contributed by atoms with Crippen LogP contribution in [0.1, 0.15) is 30.1 Å². The van der Waals surface area contributed by atoms with Crippen molar-refractivity contribution in [1.29, 1.82) is 0 Å². The van der Waals surface area contributed by atoms with Gasteiger partial charge in [-0.3, -0.25) is 4.79 Å². The fourth-order valence-corrected chi connectivity index (χ4v) is 1.39. The number of aromatic hydroxyl groups is 2. The van der Waals surface area contributed by atoms with E-state index in [1.165, 1.54) is 18.2 Å². The van der Waals surface area contributed by atoms with Gasteiger partial charge in [0.1, 0.15) is 0 Å². The minimum Gasteiger partial charge on any atom is -0.504 e. The molecule has 1 rings (SSSR count). The molecule has 5 N–H and O–H groups in total. The quantitative estimate of drug-likeness (QED) is 0.454. The number of amides is 1. The van der Waals surface area contributed by atoms with Crippen molar-refractivity contribution in [2.45, 2.75) is 25.8 Å². The predicted molar refractivity (Wildman–Crippen MR) is 65.0 cm³/mol. The van der Waals surface area contributed by atoms with Gasteiger partial charge in [0.25, 0.3) is 5.91 Å². The van der Waals surface area contributed by atoms with Gasteiger partial charge in [0.05, 0.1) is 0 Å². The zero-order valence-electron chi connectivity index (χ0n) is 9.81. The zero-order valence-corrected chi connectivity index (χ0v) is 9.81. The molecule has 0 bridgehead atoms. The molecule has 0 aliphatic carbocycles. The molecule has 5 nitrogen and oxygen atoms in total. The van der Waals surface area contributed by atoms with Crippen LogP contribution in [0.5, 0.6) is 11.5 Å². The Labute approximate surface area is 100 Å². The second-order valence-corrected chi connectivity index (χ2v) is 4.08. The lowest BCUT2D eigenvalue weighted by atomic mass is 10.1. The summed E-state index contributed by atoms with van der Waals surface area (Å²) in [5, 5.41) is 21.1. The zero-order chi connectivity index (χ0) is 12.8. The molecule has 0 saturated heterocycles. The molecule has 1 aromatic carbocycles. The maximum absolute atomic E-state index is 11.6. The molecule has 0 aliphatic heterocycles. The van der Waals surface area contributed by atoms with Crippen molar-refractivity contribution in [1.82, 2.24) is 5.32 Å². The Bertz CT molecular complexity index is 391. The van der Waals surface area contributed by atoms with Crippen molar-refractivity contribution in [3.63, 3.8) is 0 Å². The second-order valence-electron chi connectivity index (χ2n) is 4.08. The summed E-state index contributed by atoms with van der Waals surface area (Å²) in [6.07, 6.45) is 1.66. The summed E-state index contributed by atoms with van der Waals surface area (Å²) in [5.41, 5.74) is 5.90. The molecular formula is C12H18N2O3. The van der Waals surface area contributed by atoms with Gasteiger partial charge < -0.3 is 21.3 Å². The Morgan fingerprint density at radius 2 is 2.12 bits per heavy atom. The molecular weight excluding hydrogens is 220 g/mol. The summed E-state index contributed by atoms with van der Waals surface area (Å²) < 4.78 is 0. The monoisotopic (exact) mass is 238 g/mol. The molecule has 5 heteroatoms. The van der Waals surface area contributed by atoms with Gasteiger partial charge >= 0.3 is 0 Å². The summed E-state index contributed by atoms with van der Waals surface area (Å²) >= 11 is 0. The number of hydrogen-bond acceptors (Lipinski definition) is 4. The van der Waals surface area contributed by atoms with Crippen LogP contribution in [-0.4, -0.2) is 28.7 Å². The molecule has 0 aliphatic rings. The Hall–Kier alpha value is -1.75. The Morgan fingerprint density at radius 1 is 1.41 bits per heavy atom. The van der Waals surface area contributed by atoms with E-state index < -0.39 is 0 Å². The van der Waals surface area contributed by atoms with Gasteiger partial charge in [0.15, 0.2) is 11.5 Å². The topological polar surface area (TPSA) is 95.6 Å². The molecule has 1 atom stereocenters. The van der Waals surface area contributed by atoms with Gasteiger partial charge in [-0.1, -0.05) is 0 Å². The minimum absolute atomic E-state index is 0.129. The molecule has 1 unspecified atom stereocenters. The fraction of sp³-hybridized carbons (Fsp3) is 0.417. The molecule has 94 valence electrons. The minimum atomic E-state index is -0.298. The van der Waals surface area contributed by atoms with Crippen LogP contribution < -0.4 is 11.1 Å². The Morgan fingerprint density at radius 3 is 2.71 bits per heavy atom. The van der Waals surface area contributed by atoms with Gasteiger partial charge in [-0.25, -0.2) is 0 Å². The molecule has 17 heavy (non-hydrogen) atoms. The van der Waals surface area contributed by atoms with E-state index >= 15 is 0 Å². The highest BCUT2D eigenvalue weighted by Gasteiger charge is 2.08. The number of carbonyl (C=O) groups excluding carboxylic acids is 1. The number of nitrogens with one attached hydrogen (secondary N) is 1. The first-order chi connectivity index (χ1) is 8.00. The number of phenolic OH excluding ortho intramolecular Hbond substituents is 2. The second kappa shape index (κ2) is 6.10. The van der Waals surface area contributed by atoms with E-state index in [4.69, 9.17) is 10.8 Å². The number of phenols is 2. The first-order valence-corrected chi connectivity index (χ1v) is 5.56. The van der Waals surface area contributed by atoms with E-state index in [0.29, 0.717) is 12.1 Å². The SMILES string of the molecule is CC(N)CCCNC(=O)c1ccc(O)c(O)c1. The average Bonchev–Trinajstić information content (AvgIpc) is 2.27. The van der Waals surface area contributed by atoms with Crippen molar-refractivity contribution in [2.24, 2.45) is 5.73 Å². The highest BCUT2D eigenvalue weighted by molar-refractivity contribution is 5.94. The summed E-state index contributed by atoms with van der Waals surface area (Å²) in [6.45, 7) is 2.46. The first-order valence-electron chi connectivity index (χ1n) is 5.56. The van der Waals surface area contributed by atoms with Gasteiger partial charge in [0, 0.05) is 18.2 Å². The molecule has 1 amide bonds. The number of carbonyl (C=O) groups is 1.